The van der Waals surface area contributed by atoms with E-state index in [4.69, 9.17) is 16.3 Å². The van der Waals surface area contributed by atoms with E-state index in [0.29, 0.717) is 16.2 Å². The summed E-state index contributed by atoms with van der Waals surface area (Å²) in [6, 6.07) is 12.7. The van der Waals surface area contributed by atoms with Crippen LogP contribution in [0.4, 0.5) is 11.4 Å². The Kier molecular flexibility index (Phi) is 4.81. The van der Waals surface area contributed by atoms with Crippen LogP contribution in [-0.4, -0.2) is 29.1 Å². The fourth-order valence-electron chi connectivity index (χ4n) is 3.53. The molecule has 1 saturated heterocycles. The zero-order chi connectivity index (χ0) is 18.8. The quantitative estimate of drug-likeness (QED) is 0.476. The van der Waals surface area contributed by atoms with E-state index in [1.54, 1.807) is 18.5 Å². The van der Waals surface area contributed by atoms with Crippen LogP contribution in [0, 0.1) is 10.1 Å². The third-order valence-electron chi connectivity index (χ3n) is 4.88. The minimum Gasteiger partial charge on any atom is -0.489 e. The molecular weight excluding hydrogens is 366 g/mol. The van der Waals surface area contributed by atoms with Crippen LogP contribution in [0.25, 0.3) is 10.8 Å². The number of halogens is 1. The fourth-order valence-corrected chi connectivity index (χ4v) is 3.71. The van der Waals surface area contributed by atoms with Gasteiger partial charge in [-0.15, -0.1) is 0 Å². The molecule has 0 radical (unpaired) electrons. The lowest BCUT2D eigenvalue weighted by Crippen LogP contribution is -2.38. The molecule has 6 nitrogen and oxygen atoms in total. The molecule has 138 valence electrons. The molecule has 0 saturated carbocycles. The van der Waals surface area contributed by atoms with Crippen LogP contribution in [0.3, 0.4) is 0 Å². The van der Waals surface area contributed by atoms with Gasteiger partial charge in [0.15, 0.2) is 0 Å². The third kappa shape index (κ3) is 3.53. The smallest absolute Gasteiger partial charge is 0.278 e. The summed E-state index contributed by atoms with van der Waals surface area (Å²) in [7, 11) is 0. The van der Waals surface area contributed by atoms with Gasteiger partial charge in [0.1, 0.15) is 11.9 Å². The van der Waals surface area contributed by atoms with E-state index < -0.39 is 0 Å². The predicted octanol–water partition coefficient (Wildman–Crippen LogP) is 4.84. The van der Waals surface area contributed by atoms with Crippen molar-refractivity contribution in [3.63, 3.8) is 0 Å². The minimum atomic E-state index is -0.364. The maximum absolute atomic E-state index is 11.3. The van der Waals surface area contributed by atoms with Gasteiger partial charge in [0.2, 0.25) is 0 Å². The molecule has 1 aliphatic rings. The molecular formula is C20H18ClN3O3. The molecule has 7 heteroatoms. The van der Waals surface area contributed by atoms with E-state index in [0.717, 1.165) is 37.0 Å². The Morgan fingerprint density at radius 1 is 1.11 bits per heavy atom. The zero-order valence-electron chi connectivity index (χ0n) is 14.5. The van der Waals surface area contributed by atoms with Crippen molar-refractivity contribution >= 4 is 33.7 Å². The molecule has 2 aromatic carbocycles. The van der Waals surface area contributed by atoms with Crippen molar-refractivity contribution in [2.24, 2.45) is 0 Å². The summed E-state index contributed by atoms with van der Waals surface area (Å²) in [6.45, 7) is 1.62. The molecule has 0 unspecified atom stereocenters. The molecule has 0 spiro atoms. The number of nitrogens with zero attached hydrogens (tertiary/aromatic N) is 3. The van der Waals surface area contributed by atoms with Crippen molar-refractivity contribution in [3.05, 3.63) is 70.0 Å². The van der Waals surface area contributed by atoms with Crippen LogP contribution in [0.5, 0.6) is 5.75 Å². The summed E-state index contributed by atoms with van der Waals surface area (Å²) in [5, 5.41) is 13.3. The SMILES string of the molecule is O=[N+]([O-])c1ccc(N2CCC(Oc3ccccc3Cl)CC2)c2ccncc12. The number of nitro benzene ring substituents is 1. The van der Waals surface area contributed by atoms with Gasteiger partial charge in [0.05, 0.1) is 15.3 Å². The van der Waals surface area contributed by atoms with E-state index in [1.807, 2.05) is 36.4 Å². The summed E-state index contributed by atoms with van der Waals surface area (Å²) >= 11 is 6.18. The number of ether oxygens (including phenoxy) is 1. The number of hydrogen-bond acceptors (Lipinski definition) is 5. The highest BCUT2D eigenvalue weighted by Gasteiger charge is 2.24. The molecule has 3 aromatic rings. The number of para-hydroxylation sites is 1. The van der Waals surface area contributed by atoms with Crippen LogP contribution in [-0.2, 0) is 0 Å². The van der Waals surface area contributed by atoms with Crippen LogP contribution in [0.2, 0.25) is 5.02 Å². The number of nitro groups is 1. The number of piperidine rings is 1. The van der Waals surface area contributed by atoms with Crippen molar-refractivity contribution < 1.29 is 9.66 Å². The van der Waals surface area contributed by atoms with Crippen molar-refractivity contribution in [2.45, 2.75) is 18.9 Å². The molecule has 0 aliphatic carbocycles. The third-order valence-corrected chi connectivity index (χ3v) is 5.19. The second-order valence-electron chi connectivity index (χ2n) is 6.52. The molecule has 1 fully saturated rings. The van der Waals surface area contributed by atoms with Gasteiger partial charge in [-0.3, -0.25) is 15.1 Å². The van der Waals surface area contributed by atoms with E-state index in [2.05, 4.69) is 9.88 Å². The first-order valence-corrected chi connectivity index (χ1v) is 9.18. The van der Waals surface area contributed by atoms with Gasteiger partial charge in [-0.05, 0) is 24.3 Å². The Morgan fingerprint density at radius 2 is 1.89 bits per heavy atom. The van der Waals surface area contributed by atoms with Crippen molar-refractivity contribution in [3.8, 4) is 5.75 Å². The van der Waals surface area contributed by atoms with Gasteiger partial charge in [-0.2, -0.15) is 0 Å². The van der Waals surface area contributed by atoms with Crippen LogP contribution in [0.1, 0.15) is 12.8 Å². The van der Waals surface area contributed by atoms with Gasteiger partial charge in [0, 0.05) is 55.5 Å². The number of fused-ring (bicyclic) bond motifs is 1. The molecule has 4 rings (SSSR count). The van der Waals surface area contributed by atoms with E-state index in [1.165, 1.54) is 0 Å². The van der Waals surface area contributed by atoms with Gasteiger partial charge >= 0.3 is 0 Å². The maximum Gasteiger partial charge on any atom is 0.278 e. The van der Waals surface area contributed by atoms with Crippen molar-refractivity contribution in [2.75, 3.05) is 18.0 Å². The number of non-ortho nitro benzene ring substituents is 1. The van der Waals surface area contributed by atoms with Crippen LogP contribution < -0.4 is 9.64 Å². The molecule has 0 N–H and O–H groups in total. The number of hydrogen-bond donors (Lipinski definition) is 0. The van der Waals surface area contributed by atoms with E-state index in [9.17, 15) is 10.1 Å². The Hall–Kier alpha value is -2.86. The number of anilines is 1. The monoisotopic (exact) mass is 383 g/mol. The predicted molar refractivity (Wildman–Crippen MR) is 106 cm³/mol. The van der Waals surface area contributed by atoms with Gasteiger partial charge < -0.3 is 9.64 Å². The highest BCUT2D eigenvalue weighted by molar-refractivity contribution is 6.32. The van der Waals surface area contributed by atoms with E-state index >= 15 is 0 Å². The first kappa shape index (κ1) is 17.5. The van der Waals surface area contributed by atoms with Crippen LogP contribution >= 0.6 is 11.6 Å². The molecule has 2 heterocycles. The summed E-state index contributed by atoms with van der Waals surface area (Å²) in [6.07, 6.45) is 5.04. The first-order chi connectivity index (χ1) is 13.1. The lowest BCUT2D eigenvalue weighted by atomic mass is 10.0. The summed E-state index contributed by atoms with van der Waals surface area (Å²) in [4.78, 5) is 17.2. The Morgan fingerprint density at radius 3 is 2.63 bits per heavy atom. The second kappa shape index (κ2) is 7.40. The fraction of sp³-hybridized carbons (Fsp3) is 0.250. The average molecular weight is 384 g/mol. The minimum absolute atomic E-state index is 0.0822. The molecule has 0 amide bonds. The highest BCUT2D eigenvalue weighted by atomic mass is 35.5. The lowest BCUT2D eigenvalue weighted by molar-refractivity contribution is -0.383. The summed E-state index contributed by atoms with van der Waals surface area (Å²) in [5.74, 6) is 0.712. The molecule has 0 bridgehead atoms. The van der Waals surface area contributed by atoms with Gasteiger partial charge in [-0.25, -0.2) is 0 Å². The van der Waals surface area contributed by atoms with E-state index in [-0.39, 0.29) is 16.7 Å². The van der Waals surface area contributed by atoms with Gasteiger partial charge in [-0.1, -0.05) is 23.7 Å². The summed E-state index contributed by atoms with van der Waals surface area (Å²) < 4.78 is 6.05. The largest absolute Gasteiger partial charge is 0.489 e. The first-order valence-electron chi connectivity index (χ1n) is 8.81. The topological polar surface area (TPSA) is 68.5 Å². The van der Waals surface area contributed by atoms with Crippen molar-refractivity contribution in [1.29, 1.82) is 0 Å². The molecule has 27 heavy (non-hydrogen) atoms. The standard InChI is InChI=1S/C20H18ClN3O3/c21-17-3-1-2-4-20(17)27-14-8-11-23(12-9-14)18-5-6-19(24(25)26)16-13-22-10-7-15(16)18/h1-7,10,13-14H,8-9,11-12H2. The second-order valence-corrected chi connectivity index (χ2v) is 6.92. The number of benzene rings is 2. The maximum atomic E-state index is 11.3. The highest BCUT2D eigenvalue weighted by Crippen LogP contribution is 2.35. The Bertz CT molecular complexity index is 987. The molecule has 1 aromatic heterocycles. The Labute approximate surface area is 161 Å². The molecule has 0 atom stereocenters. The Balaban J connectivity index is 1.53. The number of pyridine rings is 1. The zero-order valence-corrected chi connectivity index (χ0v) is 15.3. The molecule has 1 aliphatic heterocycles. The van der Waals surface area contributed by atoms with Crippen molar-refractivity contribution in [1.82, 2.24) is 4.98 Å². The number of aromatic nitrogens is 1. The summed E-state index contributed by atoms with van der Waals surface area (Å²) in [5.41, 5.74) is 1.08. The average Bonchev–Trinajstić information content (AvgIpc) is 2.69. The normalized spacial score (nSPS) is 15.1. The lowest BCUT2D eigenvalue weighted by Gasteiger charge is -2.34. The van der Waals surface area contributed by atoms with Crippen LogP contribution in [0.15, 0.2) is 54.9 Å². The number of rotatable bonds is 4. The van der Waals surface area contributed by atoms with Gasteiger partial charge in [0.25, 0.3) is 5.69 Å².